The average Bonchev–Trinajstić information content (AvgIpc) is 2.22. The molecule has 0 aliphatic carbocycles. The molecule has 0 fully saturated rings. The van der Waals surface area contributed by atoms with E-state index in [0.29, 0.717) is 19.0 Å². The highest BCUT2D eigenvalue weighted by atomic mass is 35.5. The molecule has 0 aromatic carbocycles. The minimum Gasteiger partial charge on any atom is -0.306 e. The fourth-order valence-electron chi connectivity index (χ4n) is 0.924. The van der Waals surface area contributed by atoms with Crippen LogP contribution in [0.1, 0.15) is 26.2 Å². The number of alkyl halides is 1. The van der Waals surface area contributed by atoms with Crippen LogP contribution in [0.2, 0.25) is 0 Å². The van der Waals surface area contributed by atoms with Gasteiger partial charge >= 0.3 is 7.67 Å². The molecule has 4 nitrogen and oxygen atoms in total. The lowest BCUT2D eigenvalue weighted by molar-refractivity contribution is 0.291. The molecule has 0 amide bonds. The summed E-state index contributed by atoms with van der Waals surface area (Å²) in [5.74, 6) is 0.421. The molecule has 0 aromatic heterocycles. The van der Waals surface area contributed by atoms with Gasteiger partial charge in [0.1, 0.15) is 0 Å². The van der Waals surface area contributed by atoms with Crippen molar-refractivity contribution in [1.29, 1.82) is 0 Å². The van der Waals surface area contributed by atoms with Crippen LogP contribution in [0.3, 0.4) is 0 Å². The lowest BCUT2D eigenvalue weighted by Crippen LogP contribution is -2.23. The zero-order valence-electron chi connectivity index (χ0n) is 8.88. The van der Waals surface area contributed by atoms with Crippen molar-refractivity contribution < 1.29 is 9.09 Å². The van der Waals surface area contributed by atoms with Crippen molar-refractivity contribution in [3.05, 3.63) is 0 Å². The third kappa shape index (κ3) is 6.80. The Hall–Kier alpha value is 0.400. The van der Waals surface area contributed by atoms with Gasteiger partial charge in [0.15, 0.2) is 0 Å². The van der Waals surface area contributed by atoms with Crippen LogP contribution in [-0.4, -0.2) is 26.1 Å². The highest BCUT2D eigenvalue weighted by Crippen LogP contribution is 2.36. The monoisotopic (exact) mass is 242 g/mol. The first-order chi connectivity index (χ1) is 6.68. The lowest BCUT2D eigenvalue weighted by atomic mass is 10.3. The molecule has 0 saturated heterocycles. The number of nitrogens with one attached hydrogen (secondary N) is 2. The van der Waals surface area contributed by atoms with Gasteiger partial charge in [0.25, 0.3) is 0 Å². The van der Waals surface area contributed by atoms with E-state index in [1.165, 1.54) is 0 Å². The second kappa shape index (κ2) is 8.69. The van der Waals surface area contributed by atoms with Crippen molar-refractivity contribution in [1.82, 2.24) is 10.2 Å². The Morgan fingerprint density at radius 2 is 2.14 bits per heavy atom. The van der Waals surface area contributed by atoms with Gasteiger partial charge in [0.05, 0.1) is 6.61 Å². The van der Waals surface area contributed by atoms with Gasteiger partial charge in [-0.05, 0) is 13.5 Å². The van der Waals surface area contributed by atoms with Crippen molar-refractivity contribution in [2.24, 2.45) is 0 Å². The normalized spacial score (nSPS) is 15.4. The summed E-state index contributed by atoms with van der Waals surface area (Å²) in [6.07, 6.45) is 3.16. The Kier molecular flexibility index (Phi) is 8.94. The van der Waals surface area contributed by atoms with Gasteiger partial charge in [0.2, 0.25) is 0 Å². The van der Waals surface area contributed by atoms with Crippen LogP contribution in [-0.2, 0) is 9.09 Å². The van der Waals surface area contributed by atoms with E-state index >= 15 is 0 Å². The summed E-state index contributed by atoms with van der Waals surface area (Å²) >= 11 is 5.48. The molecule has 0 bridgehead atoms. The minimum atomic E-state index is -2.84. The Morgan fingerprint density at radius 1 is 1.43 bits per heavy atom. The molecule has 0 radical (unpaired) electrons. The Balaban J connectivity index is 3.69. The van der Waals surface area contributed by atoms with Crippen molar-refractivity contribution in [3.8, 4) is 0 Å². The van der Waals surface area contributed by atoms with Crippen LogP contribution >= 0.6 is 19.3 Å². The van der Waals surface area contributed by atoms with Crippen molar-refractivity contribution >= 4 is 19.3 Å². The van der Waals surface area contributed by atoms with Gasteiger partial charge in [-0.3, -0.25) is 4.57 Å². The smallest absolute Gasteiger partial charge is 0.306 e. The lowest BCUT2D eigenvalue weighted by Gasteiger charge is -2.17. The molecule has 2 N–H and O–H groups in total. The third-order valence-electron chi connectivity index (χ3n) is 1.73. The first-order valence-electron chi connectivity index (χ1n) is 4.93. The second-order valence-corrected chi connectivity index (χ2v) is 5.42. The molecule has 0 spiro atoms. The molecule has 0 heterocycles. The summed E-state index contributed by atoms with van der Waals surface area (Å²) in [6.45, 7) is 3.11. The van der Waals surface area contributed by atoms with E-state index in [1.807, 2.05) is 0 Å². The number of hydrogen-bond acceptors (Lipinski definition) is 2. The van der Waals surface area contributed by atoms with E-state index in [2.05, 4.69) is 17.1 Å². The summed E-state index contributed by atoms with van der Waals surface area (Å²) < 4.78 is 17.1. The van der Waals surface area contributed by atoms with Gasteiger partial charge in [-0.25, -0.2) is 10.2 Å². The molecule has 0 aliphatic heterocycles. The maximum absolute atomic E-state index is 11.8. The summed E-state index contributed by atoms with van der Waals surface area (Å²) in [5, 5.41) is 5.42. The molecule has 0 aromatic rings. The van der Waals surface area contributed by atoms with Crippen LogP contribution in [0, 0.1) is 0 Å². The predicted molar refractivity (Wildman–Crippen MR) is 60.9 cm³/mol. The van der Waals surface area contributed by atoms with Gasteiger partial charge in [-0.1, -0.05) is 19.8 Å². The highest BCUT2D eigenvalue weighted by Gasteiger charge is 2.18. The number of unbranched alkanes of at least 4 members (excludes halogenated alkanes) is 2. The molecule has 0 aliphatic rings. The van der Waals surface area contributed by atoms with Gasteiger partial charge < -0.3 is 4.52 Å². The number of halogens is 1. The van der Waals surface area contributed by atoms with E-state index in [1.54, 1.807) is 7.05 Å². The maximum atomic E-state index is 11.8. The fraction of sp³-hybridized carbons (Fsp3) is 1.00. The SMILES string of the molecule is CCCCCOP(=O)(NC)NCCCl. The van der Waals surface area contributed by atoms with Gasteiger partial charge in [-0.15, -0.1) is 11.6 Å². The van der Waals surface area contributed by atoms with Crippen LogP contribution in [0.15, 0.2) is 0 Å². The van der Waals surface area contributed by atoms with Crippen molar-refractivity contribution in [3.63, 3.8) is 0 Å². The molecular weight excluding hydrogens is 223 g/mol. The van der Waals surface area contributed by atoms with Crippen LogP contribution < -0.4 is 10.2 Å². The Bertz CT molecular complexity index is 181. The quantitative estimate of drug-likeness (QED) is 0.370. The molecule has 1 atom stereocenters. The van der Waals surface area contributed by atoms with Crippen molar-refractivity contribution in [2.75, 3.05) is 26.1 Å². The molecule has 86 valence electrons. The summed E-state index contributed by atoms with van der Waals surface area (Å²) in [7, 11) is -1.23. The fourth-order valence-corrected chi connectivity index (χ4v) is 2.32. The molecule has 14 heavy (non-hydrogen) atoms. The summed E-state index contributed by atoms with van der Waals surface area (Å²) in [6, 6.07) is 0. The second-order valence-electron chi connectivity index (χ2n) is 2.91. The van der Waals surface area contributed by atoms with Crippen molar-refractivity contribution in [2.45, 2.75) is 26.2 Å². The molecule has 0 rings (SSSR count). The first kappa shape index (κ1) is 14.4. The zero-order valence-corrected chi connectivity index (χ0v) is 10.5. The highest BCUT2D eigenvalue weighted by molar-refractivity contribution is 7.54. The predicted octanol–water partition coefficient (Wildman–Crippen LogP) is 2.35. The zero-order chi connectivity index (χ0) is 10.9. The topological polar surface area (TPSA) is 50.4 Å². The van der Waals surface area contributed by atoms with E-state index in [4.69, 9.17) is 16.1 Å². The molecule has 6 heteroatoms. The molecule has 0 saturated carbocycles. The largest absolute Gasteiger partial charge is 0.340 e. The standard InChI is InChI=1S/C8H20ClN2O2P/c1-3-4-5-8-13-14(12,10-2)11-7-6-9/h3-8H2,1-2H3,(H2,10,11,12). The van der Waals surface area contributed by atoms with Crippen LogP contribution in [0.25, 0.3) is 0 Å². The summed E-state index contributed by atoms with van der Waals surface area (Å²) in [5.41, 5.74) is 0. The number of rotatable bonds is 9. The third-order valence-corrected chi connectivity index (χ3v) is 3.69. The van der Waals surface area contributed by atoms with E-state index < -0.39 is 7.67 Å². The van der Waals surface area contributed by atoms with Gasteiger partial charge in [-0.2, -0.15) is 0 Å². The molecule has 1 unspecified atom stereocenters. The minimum absolute atomic E-state index is 0.421. The Morgan fingerprint density at radius 3 is 2.64 bits per heavy atom. The van der Waals surface area contributed by atoms with Crippen LogP contribution in [0.5, 0.6) is 0 Å². The van der Waals surface area contributed by atoms with E-state index in [0.717, 1.165) is 19.3 Å². The average molecular weight is 243 g/mol. The number of hydrogen-bond donors (Lipinski definition) is 2. The first-order valence-corrected chi connectivity index (χ1v) is 7.09. The molecular formula is C8H20ClN2O2P. The van der Waals surface area contributed by atoms with E-state index in [-0.39, 0.29) is 0 Å². The summed E-state index contributed by atoms with van der Waals surface area (Å²) in [4.78, 5) is 0. The van der Waals surface area contributed by atoms with Crippen LogP contribution in [0.4, 0.5) is 0 Å². The Labute approximate surface area is 91.3 Å². The maximum Gasteiger partial charge on any atom is 0.340 e. The van der Waals surface area contributed by atoms with E-state index in [9.17, 15) is 4.57 Å². The van der Waals surface area contributed by atoms with Gasteiger partial charge in [0, 0.05) is 12.4 Å².